The van der Waals surface area contributed by atoms with Crippen LogP contribution in [0.3, 0.4) is 0 Å². The smallest absolute Gasteiger partial charge is 0.0807 e. The van der Waals surface area contributed by atoms with Crippen LogP contribution in [0, 0.1) is 0 Å². The van der Waals surface area contributed by atoms with Crippen LogP contribution in [0.1, 0.15) is 13.8 Å². The zero-order valence-corrected chi connectivity index (χ0v) is 12.7. The predicted molar refractivity (Wildman–Crippen MR) is 73.9 cm³/mol. The summed E-state index contributed by atoms with van der Waals surface area (Å²) < 4.78 is 21.6. The van der Waals surface area contributed by atoms with Gasteiger partial charge < -0.3 is 18.9 Å². The van der Waals surface area contributed by atoms with E-state index in [1.165, 1.54) is 0 Å². The van der Waals surface area contributed by atoms with Crippen LogP contribution in [0.2, 0.25) is 0 Å². The summed E-state index contributed by atoms with van der Waals surface area (Å²) in [5, 5.41) is 0. The summed E-state index contributed by atoms with van der Waals surface area (Å²) >= 11 is 11.0. The van der Waals surface area contributed by atoms with Crippen LogP contribution in [0.5, 0.6) is 0 Å². The summed E-state index contributed by atoms with van der Waals surface area (Å²) in [5.41, 5.74) is 0. The lowest BCUT2D eigenvalue weighted by Crippen LogP contribution is -2.28. The lowest BCUT2D eigenvalue weighted by Gasteiger charge is -2.21. The molecule has 0 N–H and O–H groups in total. The van der Waals surface area contributed by atoms with Gasteiger partial charge in [0, 0.05) is 11.8 Å². The van der Waals surface area contributed by atoms with E-state index in [9.17, 15) is 0 Å². The second-order valence-corrected chi connectivity index (χ2v) is 4.51. The standard InChI is InChI=1S/C12H24Cl2O4/c1-11(17-9-7-15-5-3-13)12(2)18-10-8-16-6-4-14/h11-12H,3-10H2,1-2H3. The minimum absolute atomic E-state index is 0.0256. The molecule has 0 saturated heterocycles. The molecule has 0 amide bonds. The van der Waals surface area contributed by atoms with E-state index >= 15 is 0 Å². The second kappa shape index (κ2) is 13.8. The molecule has 0 spiro atoms. The third kappa shape index (κ3) is 11.5. The summed E-state index contributed by atoms with van der Waals surface area (Å²) in [6, 6.07) is 0. The Morgan fingerprint density at radius 3 is 1.39 bits per heavy atom. The Labute approximate surface area is 120 Å². The molecule has 0 radical (unpaired) electrons. The monoisotopic (exact) mass is 302 g/mol. The van der Waals surface area contributed by atoms with Crippen LogP contribution < -0.4 is 0 Å². The summed E-state index contributed by atoms with van der Waals surface area (Å²) in [4.78, 5) is 0. The molecule has 18 heavy (non-hydrogen) atoms. The molecule has 0 bridgehead atoms. The van der Waals surface area contributed by atoms with E-state index in [0.29, 0.717) is 51.4 Å². The van der Waals surface area contributed by atoms with Crippen molar-refractivity contribution in [2.45, 2.75) is 26.1 Å². The van der Waals surface area contributed by atoms with Crippen LogP contribution >= 0.6 is 23.2 Å². The van der Waals surface area contributed by atoms with E-state index in [4.69, 9.17) is 42.1 Å². The van der Waals surface area contributed by atoms with Crippen molar-refractivity contribution in [3.8, 4) is 0 Å². The van der Waals surface area contributed by atoms with Gasteiger partial charge in [-0.1, -0.05) is 0 Å². The fourth-order valence-electron chi connectivity index (χ4n) is 1.17. The Morgan fingerprint density at radius 1 is 0.667 bits per heavy atom. The minimum Gasteiger partial charge on any atom is -0.378 e. The summed E-state index contributed by atoms with van der Waals surface area (Å²) in [6.45, 7) is 7.29. The van der Waals surface area contributed by atoms with E-state index in [1.54, 1.807) is 0 Å². The van der Waals surface area contributed by atoms with Crippen LogP contribution in [0.15, 0.2) is 0 Å². The molecule has 0 aliphatic carbocycles. The van der Waals surface area contributed by atoms with Crippen molar-refractivity contribution in [1.29, 1.82) is 0 Å². The molecule has 0 rings (SSSR count). The van der Waals surface area contributed by atoms with E-state index in [0.717, 1.165) is 0 Å². The normalized spacial score (nSPS) is 14.7. The minimum atomic E-state index is 0.0256. The molecule has 6 heteroatoms. The lowest BCUT2D eigenvalue weighted by atomic mass is 10.2. The van der Waals surface area contributed by atoms with Gasteiger partial charge in [-0.2, -0.15) is 0 Å². The van der Waals surface area contributed by atoms with E-state index in [-0.39, 0.29) is 12.2 Å². The molecule has 0 heterocycles. The van der Waals surface area contributed by atoms with Crippen molar-refractivity contribution < 1.29 is 18.9 Å². The van der Waals surface area contributed by atoms with Crippen LogP contribution in [0.25, 0.3) is 0 Å². The second-order valence-electron chi connectivity index (χ2n) is 3.75. The van der Waals surface area contributed by atoms with Crippen molar-refractivity contribution in [3.63, 3.8) is 0 Å². The van der Waals surface area contributed by atoms with Gasteiger partial charge in [0.05, 0.1) is 51.8 Å². The Balaban J connectivity index is 3.36. The number of hydrogen-bond acceptors (Lipinski definition) is 4. The van der Waals surface area contributed by atoms with Crippen LogP contribution in [-0.4, -0.2) is 63.6 Å². The molecule has 0 saturated carbocycles. The summed E-state index contributed by atoms with van der Waals surface area (Å²) in [6.07, 6.45) is 0.0512. The highest BCUT2D eigenvalue weighted by Gasteiger charge is 2.12. The molecular formula is C12H24Cl2O4. The van der Waals surface area contributed by atoms with Crippen molar-refractivity contribution in [1.82, 2.24) is 0 Å². The first-order valence-corrected chi connectivity index (χ1v) is 7.30. The topological polar surface area (TPSA) is 36.9 Å². The molecule has 0 aliphatic heterocycles. The molecule has 2 unspecified atom stereocenters. The largest absolute Gasteiger partial charge is 0.378 e. The SMILES string of the molecule is CC(OCCOCCCl)C(C)OCCOCCCl. The molecule has 0 aliphatic rings. The molecule has 0 aromatic carbocycles. The highest BCUT2D eigenvalue weighted by atomic mass is 35.5. The van der Waals surface area contributed by atoms with Gasteiger partial charge in [0.25, 0.3) is 0 Å². The maximum atomic E-state index is 5.57. The van der Waals surface area contributed by atoms with Gasteiger partial charge in [-0.3, -0.25) is 0 Å². The first-order chi connectivity index (χ1) is 8.72. The average Bonchev–Trinajstić information content (AvgIpc) is 2.37. The predicted octanol–water partition coefficient (Wildman–Crippen LogP) is 2.31. The molecule has 0 aromatic heterocycles. The molecule has 0 fully saturated rings. The van der Waals surface area contributed by atoms with E-state index in [2.05, 4.69) is 0 Å². The van der Waals surface area contributed by atoms with Gasteiger partial charge in [0.1, 0.15) is 0 Å². The van der Waals surface area contributed by atoms with Gasteiger partial charge in [-0.15, -0.1) is 23.2 Å². The van der Waals surface area contributed by atoms with Crippen molar-refractivity contribution in [3.05, 3.63) is 0 Å². The molecule has 2 atom stereocenters. The van der Waals surface area contributed by atoms with Gasteiger partial charge >= 0.3 is 0 Å². The van der Waals surface area contributed by atoms with Crippen LogP contribution in [-0.2, 0) is 18.9 Å². The number of alkyl halides is 2. The third-order valence-corrected chi connectivity index (χ3v) is 2.63. The Hall–Kier alpha value is 0.420. The quantitative estimate of drug-likeness (QED) is 0.386. The molecule has 4 nitrogen and oxygen atoms in total. The van der Waals surface area contributed by atoms with Crippen molar-refractivity contribution >= 4 is 23.2 Å². The van der Waals surface area contributed by atoms with E-state index in [1.807, 2.05) is 13.8 Å². The first-order valence-electron chi connectivity index (χ1n) is 6.23. The average molecular weight is 303 g/mol. The van der Waals surface area contributed by atoms with Crippen molar-refractivity contribution in [2.24, 2.45) is 0 Å². The maximum absolute atomic E-state index is 5.57. The molecule has 110 valence electrons. The lowest BCUT2D eigenvalue weighted by molar-refractivity contribution is -0.0780. The summed E-state index contributed by atoms with van der Waals surface area (Å²) in [5.74, 6) is 1.02. The van der Waals surface area contributed by atoms with Gasteiger partial charge in [0.15, 0.2) is 0 Å². The highest BCUT2D eigenvalue weighted by Crippen LogP contribution is 2.03. The third-order valence-electron chi connectivity index (χ3n) is 2.32. The fraction of sp³-hybridized carbons (Fsp3) is 1.00. The number of hydrogen-bond donors (Lipinski definition) is 0. The Bertz CT molecular complexity index is 154. The van der Waals surface area contributed by atoms with Gasteiger partial charge in [0.2, 0.25) is 0 Å². The maximum Gasteiger partial charge on any atom is 0.0807 e. The zero-order valence-electron chi connectivity index (χ0n) is 11.2. The zero-order chi connectivity index (χ0) is 13.6. The number of halogens is 2. The van der Waals surface area contributed by atoms with Gasteiger partial charge in [-0.05, 0) is 13.8 Å². The molecule has 0 aromatic rings. The Kier molecular flexibility index (Phi) is 14.2. The first kappa shape index (κ1) is 18.4. The molecular weight excluding hydrogens is 279 g/mol. The number of ether oxygens (including phenoxy) is 4. The summed E-state index contributed by atoms with van der Waals surface area (Å²) in [7, 11) is 0. The number of rotatable bonds is 13. The van der Waals surface area contributed by atoms with E-state index < -0.39 is 0 Å². The van der Waals surface area contributed by atoms with Crippen LogP contribution in [0.4, 0.5) is 0 Å². The van der Waals surface area contributed by atoms with Crippen molar-refractivity contribution in [2.75, 3.05) is 51.4 Å². The van der Waals surface area contributed by atoms with Gasteiger partial charge in [-0.25, -0.2) is 0 Å². The fourth-order valence-corrected chi connectivity index (χ4v) is 1.39. The Morgan fingerprint density at radius 2 is 1.06 bits per heavy atom. The highest BCUT2D eigenvalue weighted by molar-refractivity contribution is 6.18.